The third-order valence-electron chi connectivity index (χ3n) is 4.42. The van der Waals surface area contributed by atoms with Gasteiger partial charge in [0.1, 0.15) is 16.3 Å². The van der Waals surface area contributed by atoms with Crippen LogP contribution >= 0.6 is 23.2 Å². The highest BCUT2D eigenvalue weighted by Gasteiger charge is 2.29. The molecule has 0 heterocycles. The highest BCUT2D eigenvalue weighted by Crippen LogP contribution is 2.32. The van der Waals surface area contributed by atoms with Gasteiger partial charge in [-0.3, -0.25) is 9.52 Å². The largest absolute Gasteiger partial charge is 0.494 e. The maximum absolute atomic E-state index is 13.9. The van der Waals surface area contributed by atoms with Crippen LogP contribution < -0.4 is 14.8 Å². The van der Waals surface area contributed by atoms with Gasteiger partial charge in [0, 0.05) is 5.69 Å². The topological polar surface area (TPSA) is 84.5 Å². The second-order valence-electron chi connectivity index (χ2n) is 6.72. The van der Waals surface area contributed by atoms with Crippen LogP contribution in [0.25, 0.3) is 0 Å². The Balaban J connectivity index is 1.96. The van der Waals surface area contributed by atoms with E-state index in [2.05, 4.69) is 4.72 Å². The minimum Gasteiger partial charge on any atom is -0.494 e. The van der Waals surface area contributed by atoms with Crippen molar-refractivity contribution in [2.45, 2.75) is 11.8 Å². The van der Waals surface area contributed by atoms with E-state index in [0.29, 0.717) is 18.4 Å². The van der Waals surface area contributed by atoms with Crippen LogP contribution in [-0.4, -0.2) is 20.9 Å². The number of nitrogens with one attached hydrogen (secondary N) is 2. The van der Waals surface area contributed by atoms with E-state index in [4.69, 9.17) is 27.9 Å². The molecule has 186 valence electrons. The first kappa shape index (κ1) is 26.5. The van der Waals surface area contributed by atoms with Crippen LogP contribution in [-0.2, 0) is 10.0 Å². The van der Waals surface area contributed by atoms with E-state index in [0.717, 1.165) is 6.07 Å². The fraction of sp³-hybridized carbons (Fsp3) is 0.0952. The molecule has 0 atom stereocenters. The molecule has 35 heavy (non-hydrogen) atoms. The van der Waals surface area contributed by atoms with Gasteiger partial charge in [0.15, 0.2) is 23.3 Å². The molecular weight excluding hydrogens is 542 g/mol. The van der Waals surface area contributed by atoms with Crippen molar-refractivity contribution >= 4 is 50.5 Å². The summed E-state index contributed by atoms with van der Waals surface area (Å²) in [6, 6.07) is 7.32. The van der Waals surface area contributed by atoms with E-state index in [1.165, 1.54) is 29.6 Å². The van der Waals surface area contributed by atoms with Crippen molar-refractivity contribution < 1.29 is 39.9 Å². The zero-order chi connectivity index (χ0) is 26.1. The minimum absolute atomic E-state index is 0.104. The molecule has 0 aliphatic heterocycles. The Hall–Kier alpha value is -3.09. The average molecular weight is 555 g/mol. The van der Waals surface area contributed by atoms with Crippen molar-refractivity contribution in [3.05, 3.63) is 81.1 Å². The molecule has 2 N–H and O–H groups in total. The summed E-state index contributed by atoms with van der Waals surface area (Å²) in [5.41, 5.74) is -2.21. The molecule has 0 bridgehead atoms. The number of rotatable bonds is 7. The number of ether oxygens (including phenoxy) is 1. The molecule has 3 rings (SSSR count). The molecule has 0 unspecified atom stereocenters. The van der Waals surface area contributed by atoms with Crippen LogP contribution in [0.15, 0.2) is 41.3 Å². The van der Waals surface area contributed by atoms with Crippen molar-refractivity contribution in [2.75, 3.05) is 16.6 Å². The van der Waals surface area contributed by atoms with E-state index in [1.54, 1.807) is 6.92 Å². The Kier molecular flexibility index (Phi) is 7.77. The van der Waals surface area contributed by atoms with E-state index in [-0.39, 0.29) is 5.69 Å². The quantitative estimate of drug-likeness (QED) is 0.209. The Morgan fingerprint density at radius 3 is 1.97 bits per heavy atom. The lowest BCUT2D eigenvalue weighted by Crippen LogP contribution is -2.19. The Labute approximate surface area is 205 Å². The molecule has 1 amide bonds. The number of anilines is 2. The van der Waals surface area contributed by atoms with E-state index in [1.807, 2.05) is 0 Å². The maximum Gasteiger partial charge on any atom is 0.263 e. The summed E-state index contributed by atoms with van der Waals surface area (Å²) >= 11 is 11.9. The first-order valence-corrected chi connectivity index (χ1v) is 11.7. The normalized spacial score (nSPS) is 11.3. The maximum atomic E-state index is 13.9. The summed E-state index contributed by atoms with van der Waals surface area (Å²) in [5.74, 6) is -12.6. The summed E-state index contributed by atoms with van der Waals surface area (Å²) in [7, 11) is -4.43. The van der Waals surface area contributed by atoms with Gasteiger partial charge in [-0.25, -0.2) is 30.4 Å². The predicted molar refractivity (Wildman–Crippen MR) is 119 cm³/mol. The van der Waals surface area contributed by atoms with Crippen LogP contribution in [0.4, 0.5) is 33.3 Å². The lowest BCUT2D eigenvalue weighted by Gasteiger charge is -2.14. The van der Waals surface area contributed by atoms with Crippen LogP contribution in [0, 0.1) is 29.1 Å². The lowest BCUT2D eigenvalue weighted by molar-refractivity contribution is 0.102. The highest BCUT2D eigenvalue weighted by atomic mass is 35.5. The monoisotopic (exact) mass is 554 g/mol. The predicted octanol–water partition coefficient (Wildman–Crippen LogP) is 6.14. The van der Waals surface area contributed by atoms with Gasteiger partial charge in [-0.05, 0) is 43.3 Å². The molecule has 14 heteroatoms. The zero-order valence-corrected chi connectivity index (χ0v) is 19.7. The summed E-state index contributed by atoms with van der Waals surface area (Å²) in [6.45, 7) is 2.15. The van der Waals surface area contributed by atoms with E-state index in [9.17, 15) is 35.2 Å². The van der Waals surface area contributed by atoms with Gasteiger partial charge in [-0.15, -0.1) is 0 Å². The second-order valence-corrected chi connectivity index (χ2v) is 9.19. The van der Waals surface area contributed by atoms with Gasteiger partial charge < -0.3 is 10.1 Å². The van der Waals surface area contributed by atoms with E-state index < -0.39 is 71.2 Å². The second kappa shape index (κ2) is 10.3. The molecule has 0 aliphatic carbocycles. The molecule has 3 aromatic rings. The Morgan fingerprint density at radius 1 is 0.886 bits per heavy atom. The fourth-order valence-electron chi connectivity index (χ4n) is 2.80. The average Bonchev–Trinajstić information content (AvgIpc) is 2.80. The van der Waals surface area contributed by atoms with Gasteiger partial charge in [-0.1, -0.05) is 23.2 Å². The molecule has 3 aromatic carbocycles. The van der Waals surface area contributed by atoms with Crippen molar-refractivity contribution in [3.63, 3.8) is 0 Å². The number of benzene rings is 3. The zero-order valence-electron chi connectivity index (χ0n) is 17.4. The molecule has 0 fully saturated rings. The number of sulfonamides is 1. The first-order chi connectivity index (χ1) is 16.4. The summed E-state index contributed by atoms with van der Waals surface area (Å²) < 4.78 is 101. The number of hydrogen-bond donors (Lipinski definition) is 2. The summed E-state index contributed by atoms with van der Waals surface area (Å²) in [4.78, 5) is 11.9. The van der Waals surface area contributed by atoms with Crippen molar-refractivity contribution in [1.29, 1.82) is 0 Å². The third kappa shape index (κ3) is 5.44. The highest BCUT2D eigenvalue weighted by molar-refractivity contribution is 7.92. The smallest absolute Gasteiger partial charge is 0.263 e. The minimum atomic E-state index is -4.43. The van der Waals surface area contributed by atoms with Crippen LogP contribution in [0.1, 0.15) is 17.3 Å². The number of carbonyl (C=O) groups is 1. The van der Waals surface area contributed by atoms with Gasteiger partial charge in [0.25, 0.3) is 15.9 Å². The van der Waals surface area contributed by atoms with Crippen molar-refractivity contribution in [3.8, 4) is 5.75 Å². The van der Waals surface area contributed by atoms with E-state index >= 15 is 0 Å². The van der Waals surface area contributed by atoms with Crippen LogP contribution in [0.3, 0.4) is 0 Å². The molecule has 0 aromatic heterocycles. The molecular formula is C21H13Cl2F5N2O4S. The van der Waals surface area contributed by atoms with Crippen molar-refractivity contribution in [2.24, 2.45) is 0 Å². The van der Waals surface area contributed by atoms with Gasteiger partial charge in [0.05, 0.1) is 22.2 Å². The lowest BCUT2D eigenvalue weighted by atomic mass is 10.2. The van der Waals surface area contributed by atoms with Gasteiger partial charge in [0.2, 0.25) is 5.82 Å². The SMILES string of the molecule is CCOc1ccc(NS(=O)(=O)c2cc(C(=O)Nc3c(F)c(F)c(F)c(F)c3F)c(Cl)cc2Cl)cc1. The summed E-state index contributed by atoms with van der Waals surface area (Å²) in [5, 5.41) is 0.641. The number of carbonyl (C=O) groups excluding carboxylic acids is 1. The number of halogens is 7. The van der Waals surface area contributed by atoms with Gasteiger partial charge >= 0.3 is 0 Å². The van der Waals surface area contributed by atoms with Crippen LogP contribution in [0.2, 0.25) is 10.0 Å². The molecule has 0 radical (unpaired) electrons. The Morgan fingerprint density at radius 2 is 1.43 bits per heavy atom. The van der Waals surface area contributed by atoms with Crippen molar-refractivity contribution in [1.82, 2.24) is 0 Å². The Bertz CT molecular complexity index is 1390. The number of amides is 1. The third-order valence-corrected chi connectivity index (χ3v) is 6.58. The molecule has 0 aliphatic rings. The van der Waals surface area contributed by atoms with Crippen LogP contribution in [0.5, 0.6) is 5.75 Å². The molecule has 0 spiro atoms. The number of hydrogen-bond acceptors (Lipinski definition) is 4. The summed E-state index contributed by atoms with van der Waals surface area (Å²) in [6.07, 6.45) is 0. The first-order valence-electron chi connectivity index (χ1n) is 9.44. The van der Waals surface area contributed by atoms with Gasteiger partial charge in [-0.2, -0.15) is 0 Å². The molecule has 0 saturated heterocycles. The molecule has 0 saturated carbocycles. The standard InChI is InChI=1S/C21H13Cl2F5N2O4S/c1-2-34-10-5-3-9(4-6-10)30-35(32,33)14-7-11(12(22)8-13(14)23)21(31)29-20-18(27)16(25)15(24)17(26)19(20)28/h3-8,30H,2H2,1H3,(H,29,31). The fourth-order valence-corrected chi connectivity index (χ4v) is 4.72. The molecule has 6 nitrogen and oxygen atoms in total.